The Morgan fingerprint density at radius 3 is 2.96 bits per heavy atom. The molecule has 28 heavy (non-hydrogen) atoms. The largest absolute Gasteiger partial charge is 0.381 e. The first kappa shape index (κ1) is 20.9. The van der Waals surface area contributed by atoms with Gasteiger partial charge < -0.3 is 14.6 Å². The Morgan fingerprint density at radius 1 is 1.29 bits per heavy atom. The highest BCUT2D eigenvalue weighted by atomic mass is 32.2. The van der Waals surface area contributed by atoms with Crippen molar-refractivity contribution in [2.24, 2.45) is 0 Å². The molecule has 7 heteroatoms. The summed E-state index contributed by atoms with van der Waals surface area (Å²) in [6.45, 7) is 3.83. The molecule has 152 valence electrons. The number of aromatic nitrogens is 2. The highest BCUT2D eigenvalue weighted by Gasteiger charge is 2.14. The molecule has 0 spiro atoms. The monoisotopic (exact) mass is 403 g/mol. The van der Waals surface area contributed by atoms with Crippen molar-refractivity contribution in [3.05, 3.63) is 41.5 Å². The number of benzene rings is 1. The fraction of sp³-hybridized carbons (Fsp3) is 0.571. The number of nitrogens with zero attached hydrogens (tertiary/aromatic N) is 2. The third-order valence-corrected chi connectivity index (χ3v) is 6.09. The molecular formula is C21H29N3O3S. The first-order valence-electron chi connectivity index (χ1n) is 10.1. The molecule has 1 fully saturated rings. The highest BCUT2D eigenvalue weighted by molar-refractivity contribution is 7.99. The van der Waals surface area contributed by atoms with E-state index in [4.69, 9.17) is 9.26 Å². The van der Waals surface area contributed by atoms with Crippen LogP contribution in [0.25, 0.3) is 0 Å². The molecule has 1 aromatic carbocycles. The van der Waals surface area contributed by atoms with Gasteiger partial charge in [-0.3, -0.25) is 4.79 Å². The van der Waals surface area contributed by atoms with Gasteiger partial charge in [-0.15, -0.1) is 0 Å². The maximum absolute atomic E-state index is 12.2. The summed E-state index contributed by atoms with van der Waals surface area (Å²) in [5.41, 5.74) is 2.10. The molecule has 0 saturated carbocycles. The van der Waals surface area contributed by atoms with E-state index in [-0.39, 0.29) is 5.91 Å². The first-order valence-corrected chi connectivity index (χ1v) is 11.2. The lowest BCUT2D eigenvalue weighted by Crippen LogP contribution is -2.17. The number of hydrogen-bond acceptors (Lipinski definition) is 6. The van der Waals surface area contributed by atoms with Gasteiger partial charge in [0.05, 0.1) is 0 Å². The molecule has 2 aromatic rings. The van der Waals surface area contributed by atoms with Crippen LogP contribution in [0.4, 0.5) is 5.69 Å². The Kier molecular flexibility index (Phi) is 8.36. The second-order valence-corrected chi connectivity index (χ2v) is 8.37. The van der Waals surface area contributed by atoms with Gasteiger partial charge in [-0.2, -0.15) is 16.7 Å². The van der Waals surface area contributed by atoms with E-state index < -0.39 is 0 Å². The first-order chi connectivity index (χ1) is 13.7. The van der Waals surface area contributed by atoms with Gasteiger partial charge in [-0.25, -0.2) is 0 Å². The lowest BCUT2D eigenvalue weighted by atomic mass is 10.2. The summed E-state index contributed by atoms with van der Waals surface area (Å²) >= 11 is 1.98. The number of rotatable bonds is 10. The smallest absolute Gasteiger partial charge is 0.226 e. The zero-order valence-electron chi connectivity index (χ0n) is 16.5. The summed E-state index contributed by atoms with van der Waals surface area (Å²) in [4.78, 5) is 16.6. The van der Waals surface area contributed by atoms with Crippen LogP contribution in [-0.2, 0) is 28.1 Å². The van der Waals surface area contributed by atoms with Crippen molar-refractivity contribution in [1.82, 2.24) is 10.1 Å². The molecule has 6 nitrogen and oxygen atoms in total. The van der Waals surface area contributed by atoms with Gasteiger partial charge in [0, 0.05) is 49.2 Å². The van der Waals surface area contributed by atoms with Gasteiger partial charge in [0.1, 0.15) is 0 Å². The molecule has 1 amide bonds. The van der Waals surface area contributed by atoms with E-state index in [0.29, 0.717) is 30.4 Å². The van der Waals surface area contributed by atoms with Crippen LogP contribution in [0.5, 0.6) is 0 Å². The number of amides is 1. The summed E-state index contributed by atoms with van der Waals surface area (Å²) in [5.74, 6) is 2.34. The maximum atomic E-state index is 12.2. The molecule has 1 aliphatic rings. The fourth-order valence-electron chi connectivity index (χ4n) is 3.14. The molecule has 1 N–H and O–H groups in total. The van der Waals surface area contributed by atoms with Gasteiger partial charge in [0.25, 0.3) is 0 Å². The zero-order chi connectivity index (χ0) is 19.6. The number of nitrogens with one attached hydrogen (secondary N) is 1. The molecule has 3 rings (SSSR count). The third-order valence-electron chi connectivity index (χ3n) is 4.64. The predicted octanol–water partition coefficient (Wildman–Crippen LogP) is 4.40. The van der Waals surface area contributed by atoms with Crippen molar-refractivity contribution >= 4 is 23.4 Å². The number of thioether (sulfide) groups is 1. The number of hydrogen-bond donors (Lipinski definition) is 1. The number of aryl methyl sites for hydroxylation is 2. The van der Waals surface area contributed by atoms with Crippen molar-refractivity contribution in [2.75, 3.05) is 18.5 Å². The van der Waals surface area contributed by atoms with Gasteiger partial charge >= 0.3 is 0 Å². The van der Waals surface area contributed by atoms with Gasteiger partial charge in [-0.05, 0) is 43.4 Å². The number of anilines is 1. The van der Waals surface area contributed by atoms with Crippen molar-refractivity contribution in [3.63, 3.8) is 0 Å². The molecular weight excluding hydrogens is 374 g/mol. The lowest BCUT2D eigenvalue weighted by molar-refractivity contribution is -0.116. The van der Waals surface area contributed by atoms with Crippen molar-refractivity contribution in [2.45, 2.75) is 62.9 Å². The van der Waals surface area contributed by atoms with Crippen LogP contribution in [0.3, 0.4) is 0 Å². The molecule has 0 atom stereocenters. The van der Waals surface area contributed by atoms with E-state index in [0.717, 1.165) is 56.2 Å². The molecule has 1 saturated heterocycles. The Labute approximate surface area is 170 Å². The third kappa shape index (κ3) is 6.95. The summed E-state index contributed by atoms with van der Waals surface area (Å²) in [5, 5.41) is 7.61. The summed E-state index contributed by atoms with van der Waals surface area (Å²) < 4.78 is 10.6. The normalized spacial score (nSPS) is 14.9. The highest BCUT2D eigenvalue weighted by Crippen LogP contribution is 2.26. The van der Waals surface area contributed by atoms with E-state index in [2.05, 4.69) is 34.5 Å². The van der Waals surface area contributed by atoms with Crippen LogP contribution in [0.1, 0.15) is 56.3 Å². The second kappa shape index (κ2) is 11.2. The van der Waals surface area contributed by atoms with E-state index in [9.17, 15) is 4.79 Å². The molecule has 0 bridgehead atoms. The molecule has 2 heterocycles. The van der Waals surface area contributed by atoms with E-state index in [1.54, 1.807) is 0 Å². The number of carbonyl (C=O) groups is 1. The van der Waals surface area contributed by atoms with Crippen molar-refractivity contribution in [3.8, 4) is 0 Å². The summed E-state index contributed by atoms with van der Waals surface area (Å²) in [6, 6.07) is 8.13. The SMILES string of the molecule is CCCc1noc(CCCC(=O)Nc2cccc(CSC3CCOCC3)c2)n1. The van der Waals surface area contributed by atoms with Crippen LogP contribution >= 0.6 is 11.8 Å². The lowest BCUT2D eigenvalue weighted by Gasteiger charge is -2.21. The maximum Gasteiger partial charge on any atom is 0.226 e. The Bertz CT molecular complexity index is 744. The Balaban J connectivity index is 1.39. The average molecular weight is 404 g/mol. The quantitative estimate of drug-likeness (QED) is 0.634. The standard InChI is InChI=1S/C21H29N3O3S/c1-2-5-19-23-21(27-24-19)9-4-8-20(25)22-17-7-3-6-16(14-17)15-28-18-10-12-26-13-11-18/h3,6-7,14,18H,2,4-5,8-13,15H2,1H3,(H,22,25). The van der Waals surface area contributed by atoms with E-state index in [1.807, 2.05) is 23.9 Å². The molecule has 1 aliphatic heterocycles. The van der Waals surface area contributed by atoms with Crippen LogP contribution in [0, 0.1) is 0 Å². The second-order valence-electron chi connectivity index (χ2n) is 7.08. The average Bonchev–Trinajstić information content (AvgIpc) is 3.15. The fourth-order valence-corrected chi connectivity index (χ4v) is 4.27. The van der Waals surface area contributed by atoms with Crippen LogP contribution in [0.15, 0.2) is 28.8 Å². The topological polar surface area (TPSA) is 77.2 Å². The zero-order valence-corrected chi connectivity index (χ0v) is 17.3. The van der Waals surface area contributed by atoms with Crippen molar-refractivity contribution < 1.29 is 14.1 Å². The summed E-state index contributed by atoms with van der Waals surface area (Å²) in [6.07, 6.45) is 5.83. The van der Waals surface area contributed by atoms with Crippen molar-refractivity contribution in [1.29, 1.82) is 0 Å². The van der Waals surface area contributed by atoms with Gasteiger partial charge in [0.15, 0.2) is 5.82 Å². The summed E-state index contributed by atoms with van der Waals surface area (Å²) in [7, 11) is 0. The number of carbonyl (C=O) groups excluding carboxylic acids is 1. The van der Waals surface area contributed by atoms with E-state index >= 15 is 0 Å². The minimum absolute atomic E-state index is 0.0162. The number of ether oxygens (including phenoxy) is 1. The van der Waals surface area contributed by atoms with Crippen LogP contribution in [-0.4, -0.2) is 34.5 Å². The van der Waals surface area contributed by atoms with E-state index in [1.165, 1.54) is 5.56 Å². The molecule has 0 unspecified atom stereocenters. The Morgan fingerprint density at radius 2 is 2.14 bits per heavy atom. The minimum atomic E-state index is 0.0162. The van der Waals surface area contributed by atoms with Gasteiger partial charge in [0.2, 0.25) is 11.8 Å². The Hall–Kier alpha value is -1.86. The molecule has 0 aliphatic carbocycles. The minimum Gasteiger partial charge on any atom is -0.381 e. The van der Waals surface area contributed by atoms with Crippen LogP contribution < -0.4 is 5.32 Å². The van der Waals surface area contributed by atoms with Gasteiger partial charge in [-0.1, -0.05) is 24.2 Å². The predicted molar refractivity (Wildman–Crippen MR) is 111 cm³/mol. The molecule has 1 aromatic heterocycles. The molecule has 0 radical (unpaired) electrons. The van der Waals surface area contributed by atoms with Crippen LogP contribution in [0.2, 0.25) is 0 Å².